The molecule has 0 N–H and O–H groups in total. The zero-order valence-corrected chi connectivity index (χ0v) is 14.7. The quantitative estimate of drug-likeness (QED) is 0.822. The number of aromatic nitrogens is 2. The van der Waals surface area contributed by atoms with Crippen LogP contribution in [0.15, 0.2) is 4.47 Å². The molecule has 1 aliphatic rings. The van der Waals surface area contributed by atoms with Crippen molar-refractivity contribution in [3.05, 3.63) is 15.9 Å². The lowest BCUT2D eigenvalue weighted by Crippen LogP contribution is -2.47. The lowest BCUT2D eigenvalue weighted by Gasteiger charge is -2.39. The Kier molecular flexibility index (Phi) is 5.26. The molecule has 2 heterocycles. The maximum absolute atomic E-state index is 5.68. The Bertz CT molecular complexity index is 460. The maximum Gasteiger partial charge on any atom is 0.0777 e. The van der Waals surface area contributed by atoms with Crippen LogP contribution in [0.1, 0.15) is 45.0 Å². The molecule has 5 heteroatoms. The molecule has 0 saturated carbocycles. The van der Waals surface area contributed by atoms with Gasteiger partial charge in [-0.25, -0.2) is 0 Å². The second kappa shape index (κ2) is 6.58. The van der Waals surface area contributed by atoms with Gasteiger partial charge >= 0.3 is 0 Å². The Morgan fingerprint density at radius 2 is 2.15 bits per heavy atom. The molecule has 0 bridgehead atoms. The van der Waals surface area contributed by atoms with Gasteiger partial charge < -0.3 is 4.74 Å². The Balaban J connectivity index is 2.15. The lowest BCUT2D eigenvalue weighted by atomic mass is 9.94. The molecule has 1 saturated heterocycles. The van der Waals surface area contributed by atoms with Crippen LogP contribution in [0.2, 0.25) is 0 Å². The van der Waals surface area contributed by atoms with Gasteiger partial charge in [0.2, 0.25) is 0 Å². The van der Waals surface area contributed by atoms with E-state index in [9.17, 15) is 0 Å². The van der Waals surface area contributed by atoms with E-state index in [1.165, 1.54) is 16.6 Å². The SMILES string of the molecule is CCc1nn(CC)c(CN2CCCC(C)(OC)C2)c1Br. The highest BCUT2D eigenvalue weighted by Crippen LogP contribution is 2.28. The van der Waals surface area contributed by atoms with Crippen LogP contribution >= 0.6 is 15.9 Å². The van der Waals surface area contributed by atoms with Crippen LogP contribution in [0.3, 0.4) is 0 Å². The summed E-state index contributed by atoms with van der Waals surface area (Å²) in [6.45, 7) is 10.5. The highest BCUT2D eigenvalue weighted by Gasteiger charge is 2.31. The zero-order valence-electron chi connectivity index (χ0n) is 13.1. The number of rotatable bonds is 5. The number of piperidine rings is 1. The monoisotopic (exact) mass is 343 g/mol. The number of likely N-dealkylation sites (tertiary alicyclic amines) is 1. The molecule has 0 aromatic carbocycles. The molecule has 0 spiro atoms. The third kappa shape index (κ3) is 3.26. The van der Waals surface area contributed by atoms with Gasteiger partial charge in [0.25, 0.3) is 0 Å². The largest absolute Gasteiger partial charge is 0.377 e. The first-order chi connectivity index (χ1) is 9.53. The van der Waals surface area contributed by atoms with Crippen molar-refractivity contribution in [1.29, 1.82) is 0 Å². The molecular formula is C15H26BrN3O. The van der Waals surface area contributed by atoms with Crippen LogP contribution in [-0.2, 0) is 24.2 Å². The fraction of sp³-hybridized carbons (Fsp3) is 0.800. The van der Waals surface area contributed by atoms with E-state index < -0.39 is 0 Å². The molecule has 20 heavy (non-hydrogen) atoms. The van der Waals surface area contributed by atoms with Crippen molar-refractivity contribution < 1.29 is 4.74 Å². The number of hydrogen-bond acceptors (Lipinski definition) is 3. The molecule has 1 aromatic rings. The predicted molar refractivity (Wildman–Crippen MR) is 84.9 cm³/mol. The third-order valence-corrected chi connectivity index (χ3v) is 5.21. The average Bonchev–Trinajstić information content (AvgIpc) is 2.75. The van der Waals surface area contributed by atoms with E-state index in [0.717, 1.165) is 44.7 Å². The molecule has 1 fully saturated rings. The van der Waals surface area contributed by atoms with Crippen molar-refractivity contribution in [3.63, 3.8) is 0 Å². The number of methoxy groups -OCH3 is 1. The molecule has 2 rings (SSSR count). The molecule has 4 nitrogen and oxygen atoms in total. The summed E-state index contributed by atoms with van der Waals surface area (Å²) in [5.74, 6) is 0. The minimum absolute atomic E-state index is 0.00458. The molecular weight excluding hydrogens is 318 g/mol. The normalized spacial score (nSPS) is 24.2. The van der Waals surface area contributed by atoms with E-state index in [0.29, 0.717) is 0 Å². The standard InChI is InChI=1S/C15H26BrN3O/c1-5-12-14(16)13(19(6-2)17-12)10-18-9-7-8-15(3,11-18)20-4/h5-11H2,1-4H3. The third-order valence-electron chi connectivity index (χ3n) is 4.30. The van der Waals surface area contributed by atoms with Gasteiger partial charge in [0.1, 0.15) is 0 Å². The highest BCUT2D eigenvalue weighted by molar-refractivity contribution is 9.10. The van der Waals surface area contributed by atoms with Crippen LogP contribution in [0.25, 0.3) is 0 Å². The molecule has 0 radical (unpaired) electrons. The van der Waals surface area contributed by atoms with Crippen LogP contribution in [0.4, 0.5) is 0 Å². The first-order valence-corrected chi connectivity index (χ1v) is 8.33. The van der Waals surface area contributed by atoms with Gasteiger partial charge in [-0.05, 0) is 55.6 Å². The summed E-state index contributed by atoms with van der Waals surface area (Å²) in [4.78, 5) is 2.49. The van der Waals surface area contributed by atoms with Crippen molar-refractivity contribution in [2.45, 2.75) is 58.7 Å². The Morgan fingerprint density at radius 3 is 2.75 bits per heavy atom. The van der Waals surface area contributed by atoms with Crippen LogP contribution in [0.5, 0.6) is 0 Å². The van der Waals surface area contributed by atoms with E-state index in [1.807, 2.05) is 7.11 Å². The summed E-state index contributed by atoms with van der Waals surface area (Å²) >= 11 is 3.73. The predicted octanol–water partition coefficient (Wildman–Crippen LogP) is 3.23. The Hall–Kier alpha value is -0.390. The number of halogens is 1. The van der Waals surface area contributed by atoms with Crippen LogP contribution in [0, 0.1) is 0 Å². The first kappa shape index (κ1) is 16.0. The van der Waals surface area contributed by atoms with Gasteiger partial charge in [0, 0.05) is 26.7 Å². The summed E-state index contributed by atoms with van der Waals surface area (Å²) in [6, 6.07) is 0. The highest BCUT2D eigenvalue weighted by atomic mass is 79.9. The summed E-state index contributed by atoms with van der Waals surface area (Å²) in [6.07, 6.45) is 3.31. The van der Waals surface area contributed by atoms with Gasteiger partial charge in [0.15, 0.2) is 0 Å². The van der Waals surface area contributed by atoms with Crippen molar-refractivity contribution in [1.82, 2.24) is 14.7 Å². The first-order valence-electron chi connectivity index (χ1n) is 7.54. The second-order valence-electron chi connectivity index (χ2n) is 5.84. The Labute approximate surface area is 130 Å². The van der Waals surface area contributed by atoms with Gasteiger partial charge in [-0.3, -0.25) is 9.58 Å². The minimum Gasteiger partial charge on any atom is -0.377 e. The van der Waals surface area contributed by atoms with Gasteiger partial charge in [-0.1, -0.05) is 6.92 Å². The summed E-state index contributed by atoms with van der Waals surface area (Å²) in [7, 11) is 1.82. The fourth-order valence-electron chi connectivity index (χ4n) is 2.99. The molecule has 0 amide bonds. The van der Waals surface area contributed by atoms with Crippen molar-refractivity contribution in [3.8, 4) is 0 Å². The Morgan fingerprint density at radius 1 is 1.40 bits per heavy atom. The second-order valence-corrected chi connectivity index (χ2v) is 6.64. The number of ether oxygens (including phenoxy) is 1. The molecule has 1 atom stereocenters. The summed E-state index contributed by atoms with van der Waals surface area (Å²) in [5, 5.41) is 4.68. The van der Waals surface area contributed by atoms with Gasteiger partial charge in [-0.15, -0.1) is 0 Å². The van der Waals surface area contributed by atoms with E-state index in [-0.39, 0.29) is 5.60 Å². The van der Waals surface area contributed by atoms with E-state index >= 15 is 0 Å². The molecule has 1 aromatic heterocycles. The van der Waals surface area contributed by atoms with Crippen molar-refractivity contribution >= 4 is 15.9 Å². The molecule has 0 aliphatic carbocycles. The smallest absolute Gasteiger partial charge is 0.0777 e. The van der Waals surface area contributed by atoms with E-state index in [4.69, 9.17) is 4.74 Å². The molecule has 1 unspecified atom stereocenters. The summed E-state index contributed by atoms with van der Waals surface area (Å²) < 4.78 is 9.00. The van der Waals surface area contributed by atoms with E-state index in [2.05, 4.69) is 51.4 Å². The lowest BCUT2D eigenvalue weighted by molar-refractivity contribution is -0.0532. The van der Waals surface area contributed by atoms with Crippen molar-refractivity contribution in [2.75, 3.05) is 20.2 Å². The maximum atomic E-state index is 5.68. The van der Waals surface area contributed by atoms with Crippen LogP contribution < -0.4 is 0 Å². The van der Waals surface area contributed by atoms with Crippen LogP contribution in [-0.4, -0.2) is 40.5 Å². The van der Waals surface area contributed by atoms with Crippen molar-refractivity contribution in [2.24, 2.45) is 0 Å². The summed E-state index contributed by atoms with van der Waals surface area (Å²) in [5.41, 5.74) is 2.45. The fourth-order valence-corrected chi connectivity index (χ4v) is 3.68. The molecule has 114 valence electrons. The number of nitrogens with zero attached hydrogens (tertiary/aromatic N) is 3. The average molecular weight is 344 g/mol. The van der Waals surface area contributed by atoms with E-state index in [1.54, 1.807) is 0 Å². The van der Waals surface area contributed by atoms with Gasteiger partial charge in [0.05, 0.1) is 21.5 Å². The number of hydrogen-bond donors (Lipinski definition) is 0. The topological polar surface area (TPSA) is 30.3 Å². The zero-order chi connectivity index (χ0) is 14.8. The minimum atomic E-state index is -0.00458. The molecule has 1 aliphatic heterocycles. The van der Waals surface area contributed by atoms with Gasteiger partial charge in [-0.2, -0.15) is 5.10 Å². The number of aryl methyl sites for hydroxylation is 2.